The molecule has 4 amide bonds. The van der Waals surface area contributed by atoms with Crippen LogP contribution in [0, 0.1) is 17.6 Å². The molecule has 2 aromatic heterocycles. The van der Waals surface area contributed by atoms with Crippen molar-refractivity contribution in [3.63, 3.8) is 0 Å². The van der Waals surface area contributed by atoms with Crippen molar-refractivity contribution in [1.82, 2.24) is 30.7 Å². The molecule has 15 heteroatoms. The molecule has 3 atom stereocenters. The average molecular weight is 684 g/mol. The lowest BCUT2D eigenvalue weighted by Gasteiger charge is -2.33. The fourth-order valence-electron chi connectivity index (χ4n) is 7.08. The van der Waals surface area contributed by atoms with E-state index in [9.17, 15) is 28.0 Å². The quantitative estimate of drug-likeness (QED) is 0.189. The van der Waals surface area contributed by atoms with Gasteiger partial charge in [-0.25, -0.2) is 18.8 Å². The Hall–Kier alpha value is -5.83. The van der Waals surface area contributed by atoms with E-state index in [4.69, 9.17) is 5.73 Å². The van der Waals surface area contributed by atoms with Crippen LogP contribution >= 0.6 is 0 Å². The molecule has 50 heavy (non-hydrogen) atoms. The summed E-state index contributed by atoms with van der Waals surface area (Å²) >= 11 is 0. The van der Waals surface area contributed by atoms with Crippen molar-refractivity contribution < 1.29 is 28.0 Å². The van der Waals surface area contributed by atoms with E-state index in [1.807, 2.05) is 50.4 Å². The van der Waals surface area contributed by atoms with Crippen LogP contribution in [0.5, 0.6) is 0 Å². The van der Waals surface area contributed by atoms with Gasteiger partial charge < -0.3 is 31.3 Å². The van der Waals surface area contributed by atoms with Crippen LogP contribution in [0.15, 0.2) is 67.0 Å². The Morgan fingerprint density at radius 3 is 2.64 bits per heavy atom. The van der Waals surface area contributed by atoms with Gasteiger partial charge in [0.05, 0.1) is 22.8 Å². The predicted octanol–water partition coefficient (Wildman–Crippen LogP) is 3.13. The van der Waals surface area contributed by atoms with Gasteiger partial charge in [-0.3, -0.25) is 19.2 Å². The molecule has 0 aliphatic carbocycles. The van der Waals surface area contributed by atoms with Gasteiger partial charge in [-0.2, -0.15) is 0 Å². The van der Waals surface area contributed by atoms with Crippen LogP contribution in [0.2, 0.25) is 0 Å². The second-order valence-corrected chi connectivity index (χ2v) is 13.3. The Morgan fingerprint density at radius 1 is 1.12 bits per heavy atom. The molecule has 13 nitrogen and oxygen atoms in total. The molecule has 6 N–H and O–H groups in total. The number of fused-ring (bicyclic) bond motifs is 3. The number of likely N-dealkylation sites (N-methyl/N-ethyl adjacent to an activating group) is 1. The number of nitrogens with zero attached hydrogens (tertiary/aromatic N) is 4. The van der Waals surface area contributed by atoms with E-state index >= 15 is 0 Å². The molecule has 1 spiro atoms. The first kappa shape index (κ1) is 32.7. The van der Waals surface area contributed by atoms with Gasteiger partial charge in [0.25, 0.3) is 5.91 Å². The van der Waals surface area contributed by atoms with E-state index in [2.05, 4.69) is 26.2 Å². The monoisotopic (exact) mass is 683 g/mol. The number of carbonyl (C=O) groups is 4. The van der Waals surface area contributed by atoms with E-state index < -0.39 is 46.9 Å². The number of pyridine rings is 1. The van der Waals surface area contributed by atoms with Crippen molar-refractivity contribution in [2.75, 3.05) is 23.9 Å². The number of aromatic amines is 1. The number of halogens is 2. The van der Waals surface area contributed by atoms with E-state index in [-0.39, 0.29) is 47.8 Å². The Labute approximate surface area is 285 Å². The number of benzene rings is 2. The zero-order valence-electron chi connectivity index (χ0n) is 27.5. The second kappa shape index (κ2) is 12.2. The van der Waals surface area contributed by atoms with Crippen LogP contribution < -0.4 is 27.0 Å². The number of anilines is 2. The Kier molecular flexibility index (Phi) is 8.01. The highest BCUT2D eigenvalue weighted by Crippen LogP contribution is 2.47. The fourth-order valence-corrected chi connectivity index (χ4v) is 7.08. The van der Waals surface area contributed by atoms with Crippen LogP contribution in [0.1, 0.15) is 48.3 Å². The maximum absolute atomic E-state index is 14.5. The van der Waals surface area contributed by atoms with Crippen molar-refractivity contribution in [1.29, 1.82) is 0 Å². The summed E-state index contributed by atoms with van der Waals surface area (Å²) < 4.78 is 28.3. The standard InChI is InChI=1S/C35H35F2N9O4/c1-18(2)10-28(44(3)32(48)26-14-21-23(37)12-20(36)13-25(21)40-26)33(49)45-17-35(15-29(45)31(38)47)22-11-19(7-8-24(22)41-34(35)50)27-16-46(43-42-27)30-6-4-5-9-39-30/h4-9,11-14,16,18,28-29,40,42-43H,10,15,17H2,1-3H3,(H2,38,47)(H,41,50)/t28-,29-,35-/m0/s1. The summed E-state index contributed by atoms with van der Waals surface area (Å²) in [5, 5.41) is 4.65. The first-order valence-corrected chi connectivity index (χ1v) is 16.1. The molecule has 0 bridgehead atoms. The van der Waals surface area contributed by atoms with E-state index in [1.54, 1.807) is 17.3 Å². The zero-order valence-corrected chi connectivity index (χ0v) is 27.5. The van der Waals surface area contributed by atoms with Crippen LogP contribution in [0.4, 0.5) is 20.3 Å². The average Bonchev–Trinajstić information content (AvgIpc) is 3.88. The van der Waals surface area contributed by atoms with Crippen LogP contribution in [0.25, 0.3) is 16.6 Å². The molecule has 1 fully saturated rings. The summed E-state index contributed by atoms with van der Waals surface area (Å²) in [5.74, 6) is -3.40. The summed E-state index contributed by atoms with van der Waals surface area (Å²) in [6, 6.07) is 11.8. The number of hydrogen-bond acceptors (Lipinski definition) is 8. The SMILES string of the molecule is CC(C)C[C@@H](C(=O)N1C[C@]2(C[C@H]1C(N)=O)C(=O)Nc1ccc(C3=CN(c4ccccn4)NN3)cc12)N(C)C(=O)c1cc2c(F)cc(F)cc2[nH]1. The summed E-state index contributed by atoms with van der Waals surface area (Å²) in [4.78, 5) is 64.6. The van der Waals surface area contributed by atoms with Crippen LogP contribution in [-0.2, 0) is 19.8 Å². The number of amides is 4. The highest BCUT2D eigenvalue weighted by Gasteiger charge is 2.58. The Balaban J connectivity index is 1.20. The molecule has 0 unspecified atom stereocenters. The minimum atomic E-state index is -1.29. The molecule has 0 saturated carbocycles. The van der Waals surface area contributed by atoms with Gasteiger partial charge in [0.15, 0.2) is 0 Å². The van der Waals surface area contributed by atoms with Crippen molar-refractivity contribution in [3.05, 3.63) is 95.4 Å². The normalized spacial score (nSPS) is 20.2. The van der Waals surface area contributed by atoms with E-state index in [1.165, 1.54) is 22.9 Å². The third kappa shape index (κ3) is 5.48. The van der Waals surface area contributed by atoms with Crippen LogP contribution in [-0.4, -0.2) is 69.1 Å². The molecular weight excluding hydrogens is 648 g/mol. The highest BCUT2D eigenvalue weighted by atomic mass is 19.1. The summed E-state index contributed by atoms with van der Waals surface area (Å²) in [6.07, 6.45) is 3.65. The van der Waals surface area contributed by atoms with Gasteiger partial charge in [0.2, 0.25) is 17.7 Å². The van der Waals surface area contributed by atoms with E-state index in [0.717, 1.165) is 17.7 Å². The number of likely N-dealkylation sites (tertiary alicyclic amines) is 1. The third-order valence-electron chi connectivity index (χ3n) is 9.61. The van der Waals surface area contributed by atoms with Crippen molar-refractivity contribution in [2.24, 2.45) is 11.7 Å². The number of hydrogen-bond donors (Lipinski definition) is 5. The predicted molar refractivity (Wildman–Crippen MR) is 181 cm³/mol. The molecule has 3 aliphatic rings. The molecule has 2 aromatic carbocycles. The van der Waals surface area contributed by atoms with Gasteiger partial charge in [-0.1, -0.05) is 26.0 Å². The molecule has 4 aromatic rings. The number of hydrazine groups is 2. The van der Waals surface area contributed by atoms with Crippen molar-refractivity contribution >= 4 is 51.7 Å². The lowest BCUT2D eigenvalue weighted by Crippen LogP contribution is -2.54. The number of nitrogens with two attached hydrogens (primary N) is 1. The molecule has 7 rings (SSSR count). The number of H-pyrrole nitrogens is 1. The first-order valence-electron chi connectivity index (χ1n) is 16.1. The molecule has 258 valence electrons. The maximum Gasteiger partial charge on any atom is 0.270 e. The molecule has 5 heterocycles. The topological polar surface area (TPSA) is 169 Å². The minimum Gasteiger partial charge on any atom is -0.368 e. The molecule has 0 radical (unpaired) electrons. The number of nitrogens with one attached hydrogen (secondary N) is 4. The zero-order chi connectivity index (χ0) is 35.5. The van der Waals surface area contributed by atoms with Crippen molar-refractivity contribution in [3.8, 4) is 0 Å². The van der Waals surface area contributed by atoms with Gasteiger partial charge in [-0.05, 0) is 60.7 Å². The summed E-state index contributed by atoms with van der Waals surface area (Å²) in [7, 11) is 1.44. The van der Waals surface area contributed by atoms with Gasteiger partial charge in [-0.15, -0.1) is 5.53 Å². The van der Waals surface area contributed by atoms with E-state index in [0.29, 0.717) is 22.8 Å². The molecule has 3 aliphatic heterocycles. The van der Waals surface area contributed by atoms with Gasteiger partial charge in [0.1, 0.15) is 35.2 Å². The number of primary amides is 1. The van der Waals surface area contributed by atoms with Crippen LogP contribution in [0.3, 0.4) is 0 Å². The third-order valence-corrected chi connectivity index (χ3v) is 9.61. The first-order chi connectivity index (χ1) is 23.9. The summed E-state index contributed by atoms with van der Waals surface area (Å²) in [6.45, 7) is 3.61. The smallest absolute Gasteiger partial charge is 0.270 e. The largest absolute Gasteiger partial charge is 0.368 e. The number of rotatable bonds is 8. The molecular formula is C35H35F2N9O4. The Morgan fingerprint density at radius 2 is 1.92 bits per heavy atom. The number of carbonyl (C=O) groups excluding carboxylic acids is 4. The molecule has 1 saturated heterocycles. The maximum atomic E-state index is 14.5. The lowest BCUT2D eigenvalue weighted by atomic mass is 9.79. The minimum absolute atomic E-state index is 0.0271. The second-order valence-electron chi connectivity index (χ2n) is 13.3. The fraction of sp³-hybridized carbons (Fsp3) is 0.286. The van der Waals surface area contributed by atoms with Gasteiger partial charge >= 0.3 is 0 Å². The Bertz CT molecular complexity index is 2080. The van der Waals surface area contributed by atoms with Gasteiger partial charge in [0, 0.05) is 42.5 Å². The lowest BCUT2D eigenvalue weighted by molar-refractivity contribution is -0.141. The van der Waals surface area contributed by atoms with Crippen molar-refractivity contribution in [2.45, 2.75) is 44.2 Å². The highest BCUT2D eigenvalue weighted by molar-refractivity contribution is 6.09. The summed E-state index contributed by atoms with van der Waals surface area (Å²) in [5.41, 5.74) is 13.4. The number of aromatic nitrogens is 2.